The second-order valence-corrected chi connectivity index (χ2v) is 15.8. The lowest BCUT2D eigenvalue weighted by Crippen LogP contribution is -2.49. The van der Waals surface area contributed by atoms with E-state index >= 15 is 0 Å². The van der Waals surface area contributed by atoms with Gasteiger partial charge in [-0.25, -0.2) is 15.0 Å². The van der Waals surface area contributed by atoms with Crippen molar-refractivity contribution in [1.82, 2.24) is 19.9 Å². The van der Waals surface area contributed by atoms with Gasteiger partial charge in [0, 0.05) is 40.3 Å². The lowest BCUT2D eigenvalue weighted by Gasteiger charge is -2.38. The summed E-state index contributed by atoms with van der Waals surface area (Å²) in [4.78, 5) is 22.0. The lowest BCUT2D eigenvalue weighted by atomic mass is 9.49. The molecule has 0 bridgehead atoms. The monoisotopic (exact) mass is 777 g/mol. The molecule has 0 saturated carbocycles. The predicted molar refractivity (Wildman–Crippen MR) is 248 cm³/mol. The average Bonchev–Trinajstić information content (AvgIpc) is 3.64. The number of nitrogens with zero attached hydrogens (tertiary/aromatic N) is 5. The minimum atomic E-state index is -0.493. The van der Waals surface area contributed by atoms with E-state index in [4.69, 9.17) is 15.0 Å². The second-order valence-electron chi connectivity index (χ2n) is 15.8. The van der Waals surface area contributed by atoms with Gasteiger partial charge in [-0.2, -0.15) is 0 Å². The SMILES string of the molecule is C1=CB2c3cc4c(cc3-c3ccc(-c5nc(-c6ccccc6)nc(-c6cccc(-c7ccncc7)c6)n5)cc3N2C=C1)C(c1ccccc1)(c1ccccc1)c1ccccc1-4. The molecule has 284 valence electrons. The van der Waals surface area contributed by atoms with Gasteiger partial charge in [0.05, 0.1) is 5.41 Å². The molecule has 9 aromatic rings. The third-order valence-electron chi connectivity index (χ3n) is 12.5. The van der Waals surface area contributed by atoms with Crippen LogP contribution in [0.4, 0.5) is 5.69 Å². The highest BCUT2D eigenvalue weighted by atomic mass is 15.1. The molecule has 0 fully saturated rings. The number of fused-ring (bicyclic) bond motifs is 9. The van der Waals surface area contributed by atoms with E-state index in [1.807, 2.05) is 42.7 Å². The summed E-state index contributed by atoms with van der Waals surface area (Å²) in [5.41, 5.74) is 16.9. The predicted octanol–water partition coefficient (Wildman–Crippen LogP) is 11.6. The van der Waals surface area contributed by atoms with Crippen molar-refractivity contribution in [1.29, 1.82) is 0 Å². The summed E-state index contributed by atoms with van der Waals surface area (Å²) in [7, 11) is 0. The molecule has 12 rings (SSSR count). The van der Waals surface area contributed by atoms with E-state index in [2.05, 4.69) is 186 Å². The van der Waals surface area contributed by atoms with Crippen LogP contribution in [0.25, 0.3) is 67.5 Å². The number of benzene rings is 7. The summed E-state index contributed by atoms with van der Waals surface area (Å²) in [6.07, 6.45) is 10.1. The molecule has 5 nitrogen and oxygen atoms in total. The average molecular weight is 778 g/mol. The van der Waals surface area contributed by atoms with Gasteiger partial charge in [0.1, 0.15) is 0 Å². The van der Waals surface area contributed by atoms with Crippen LogP contribution >= 0.6 is 0 Å². The fourth-order valence-electron chi connectivity index (χ4n) is 9.81. The lowest BCUT2D eigenvalue weighted by molar-refractivity contribution is 0.769. The number of pyridine rings is 1. The number of aromatic nitrogens is 4. The van der Waals surface area contributed by atoms with Crippen LogP contribution in [0.3, 0.4) is 0 Å². The van der Waals surface area contributed by atoms with Crippen molar-refractivity contribution in [3.8, 4) is 67.5 Å². The van der Waals surface area contributed by atoms with E-state index in [9.17, 15) is 0 Å². The summed E-state index contributed by atoms with van der Waals surface area (Å²) in [5.74, 6) is 4.18. The smallest absolute Gasteiger partial charge is 0.320 e. The molecule has 0 radical (unpaired) electrons. The first kappa shape index (κ1) is 35.0. The summed E-state index contributed by atoms with van der Waals surface area (Å²) >= 11 is 0. The molecule has 0 spiro atoms. The molecule has 61 heavy (non-hydrogen) atoms. The number of hydrogen-bond acceptors (Lipinski definition) is 5. The number of anilines is 1. The maximum atomic E-state index is 5.20. The summed E-state index contributed by atoms with van der Waals surface area (Å²) in [6.45, 7) is 0.00777. The summed E-state index contributed by atoms with van der Waals surface area (Å²) in [5, 5.41) is 0. The van der Waals surface area contributed by atoms with Crippen molar-refractivity contribution in [3.05, 3.63) is 241 Å². The first-order valence-corrected chi connectivity index (χ1v) is 20.7. The summed E-state index contributed by atoms with van der Waals surface area (Å²) < 4.78 is 0. The largest absolute Gasteiger partial charge is 0.383 e. The molecule has 6 heteroatoms. The Hall–Kier alpha value is -7.96. The molecule has 0 atom stereocenters. The minimum Gasteiger partial charge on any atom is -0.383 e. The minimum absolute atomic E-state index is 0.00777. The van der Waals surface area contributed by atoms with Crippen molar-refractivity contribution in [2.24, 2.45) is 0 Å². The van der Waals surface area contributed by atoms with Gasteiger partial charge < -0.3 is 4.81 Å². The van der Waals surface area contributed by atoms with Crippen LogP contribution < -0.4 is 10.3 Å². The van der Waals surface area contributed by atoms with E-state index in [0.717, 1.165) is 33.5 Å². The van der Waals surface area contributed by atoms with Crippen LogP contribution in [0.1, 0.15) is 22.3 Å². The van der Waals surface area contributed by atoms with E-state index < -0.39 is 5.41 Å². The standard InChI is InChI=1S/C55H36BN5/c1-4-15-38(16-5-1)52-58-53(40-18-14-17-39(33-40)37-27-30-57-31-28-37)60-54(59-52)41-25-26-45-47-35-49-46(36-50(47)56-29-12-13-32-61(56)51(45)34-41)44-23-10-11-24-48(44)55(49,42-19-6-2-7-20-42)43-21-8-3-9-22-43/h1-36H. The van der Waals surface area contributed by atoms with E-state index in [-0.39, 0.29) is 6.85 Å². The van der Waals surface area contributed by atoms with Crippen LogP contribution in [-0.2, 0) is 5.41 Å². The first-order valence-electron chi connectivity index (χ1n) is 20.7. The van der Waals surface area contributed by atoms with Crippen LogP contribution in [0, 0.1) is 0 Å². The normalized spacial score (nSPS) is 13.8. The molecule has 0 N–H and O–H groups in total. The second kappa shape index (κ2) is 14.1. The highest BCUT2D eigenvalue weighted by Gasteiger charge is 2.47. The van der Waals surface area contributed by atoms with E-state index in [0.29, 0.717) is 17.5 Å². The zero-order valence-corrected chi connectivity index (χ0v) is 33.1. The Morgan fingerprint density at radius 2 is 1.03 bits per heavy atom. The Morgan fingerprint density at radius 3 is 1.77 bits per heavy atom. The molecule has 3 aliphatic rings. The van der Waals surface area contributed by atoms with Gasteiger partial charge in [-0.1, -0.05) is 164 Å². The molecule has 7 aromatic carbocycles. The van der Waals surface area contributed by atoms with E-state index in [1.165, 1.54) is 50.0 Å². The Kier molecular flexibility index (Phi) is 8.10. The molecule has 0 amide bonds. The number of rotatable bonds is 6. The van der Waals surface area contributed by atoms with Crippen LogP contribution in [0.2, 0.25) is 0 Å². The molecule has 1 aliphatic carbocycles. The molecule has 0 unspecified atom stereocenters. The number of hydrogen-bond donors (Lipinski definition) is 0. The van der Waals surface area contributed by atoms with Gasteiger partial charge in [0.2, 0.25) is 0 Å². The van der Waals surface area contributed by atoms with Crippen molar-refractivity contribution >= 4 is 18.0 Å². The van der Waals surface area contributed by atoms with Gasteiger partial charge in [0.15, 0.2) is 17.5 Å². The molecule has 0 saturated heterocycles. The maximum absolute atomic E-state index is 5.20. The third-order valence-corrected chi connectivity index (χ3v) is 12.5. The van der Waals surface area contributed by atoms with Crippen molar-refractivity contribution in [2.45, 2.75) is 5.41 Å². The first-order chi connectivity index (χ1) is 30.2. The fourth-order valence-corrected chi connectivity index (χ4v) is 9.81. The third kappa shape index (κ3) is 5.56. The highest BCUT2D eigenvalue weighted by Crippen LogP contribution is 2.57. The molecular weight excluding hydrogens is 741 g/mol. The quantitative estimate of drug-likeness (QED) is 0.157. The molecule has 4 heterocycles. The highest BCUT2D eigenvalue weighted by molar-refractivity contribution is 6.84. The van der Waals surface area contributed by atoms with Gasteiger partial charge >= 0.3 is 6.85 Å². The van der Waals surface area contributed by atoms with Gasteiger partial charge in [0.25, 0.3) is 0 Å². The van der Waals surface area contributed by atoms with Crippen LogP contribution in [-0.4, -0.2) is 26.8 Å². The zero-order valence-electron chi connectivity index (χ0n) is 33.1. The van der Waals surface area contributed by atoms with Crippen molar-refractivity contribution < 1.29 is 0 Å². The van der Waals surface area contributed by atoms with Crippen molar-refractivity contribution in [3.63, 3.8) is 0 Å². The topological polar surface area (TPSA) is 54.8 Å². The Bertz CT molecular complexity index is 3160. The van der Waals surface area contributed by atoms with Crippen LogP contribution in [0.5, 0.6) is 0 Å². The zero-order chi connectivity index (χ0) is 40.3. The maximum Gasteiger partial charge on any atom is 0.320 e. The Labute approximate surface area is 355 Å². The molecule has 2 aliphatic heterocycles. The molecule has 2 aromatic heterocycles. The summed E-state index contributed by atoms with van der Waals surface area (Å²) in [6, 6.07) is 65.3. The van der Waals surface area contributed by atoms with Crippen LogP contribution in [0.15, 0.2) is 219 Å². The fraction of sp³-hybridized carbons (Fsp3) is 0.0182. The Morgan fingerprint density at radius 1 is 0.410 bits per heavy atom. The number of allylic oxidation sites excluding steroid dienone is 2. The van der Waals surface area contributed by atoms with Crippen molar-refractivity contribution in [2.75, 3.05) is 4.81 Å². The van der Waals surface area contributed by atoms with Gasteiger partial charge in [-0.15, -0.1) is 0 Å². The van der Waals surface area contributed by atoms with E-state index in [1.54, 1.807) is 0 Å². The Balaban J connectivity index is 1.06. The van der Waals surface area contributed by atoms with Gasteiger partial charge in [-0.05, 0) is 98.1 Å². The van der Waals surface area contributed by atoms with Gasteiger partial charge in [-0.3, -0.25) is 4.98 Å². The molecular formula is C55H36BN5.